The molecule has 0 aliphatic heterocycles. The van der Waals surface area contributed by atoms with E-state index in [4.69, 9.17) is 0 Å². The van der Waals surface area contributed by atoms with Crippen molar-refractivity contribution in [1.82, 2.24) is 9.97 Å². The highest BCUT2D eigenvalue weighted by Crippen LogP contribution is 2.16. The maximum atomic E-state index is 12.8. The Labute approximate surface area is 113 Å². The molecule has 6 heteroatoms. The summed E-state index contributed by atoms with van der Waals surface area (Å²) in [5, 5.41) is 5.31. The predicted molar refractivity (Wildman–Crippen MR) is 75.1 cm³/mol. The summed E-state index contributed by atoms with van der Waals surface area (Å²) in [5.74, 6) is -0.347. The van der Waals surface area contributed by atoms with E-state index in [0.717, 1.165) is 11.0 Å². The van der Waals surface area contributed by atoms with Crippen molar-refractivity contribution in [3.63, 3.8) is 0 Å². The van der Waals surface area contributed by atoms with Gasteiger partial charge in [0, 0.05) is 11.4 Å². The molecular formula is C14H11FN4O. The molecule has 3 aromatic rings. The van der Waals surface area contributed by atoms with Crippen LogP contribution in [0.4, 0.5) is 20.6 Å². The summed E-state index contributed by atoms with van der Waals surface area (Å²) in [6.07, 6.45) is 1.59. The van der Waals surface area contributed by atoms with Gasteiger partial charge in [0.1, 0.15) is 5.82 Å². The molecule has 3 N–H and O–H groups in total. The summed E-state index contributed by atoms with van der Waals surface area (Å²) >= 11 is 0. The van der Waals surface area contributed by atoms with Crippen molar-refractivity contribution in [3.05, 3.63) is 54.6 Å². The number of nitrogens with zero attached hydrogens (tertiary/aromatic N) is 1. The van der Waals surface area contributed by atoms with Gasteiger partial charge in [-0.1, -0.05) is 0 Å². The first kappa shape index (κ1) is 12.2. The average molecular weight is 270 g/mol. The van der Waals surface area contributed by atoms with Gasteiger partial charge in [0.2, 0.25) is 0 Å². The van der Waals surface area contributed by atoms with E-state index in [1.165, 1.54) is 24.3 Å². The Kier molecular flexibility index (Phi) is 3.04. The second-order valence-corrected chi connectivity index (χ2v) is 4.22. The number of fused-ring (bicyclic) bond motifs is 1. The van der Waals surface area contributed by atoms with Crippen LogP contribution in [0.15, 0.2) is 48.8 Å². The van der Waals surface area contributed by atoms with Crippen LogP contribution in [0.3, 0.4) is 0 Å². The maximum Gasteiger partial charge on any atom is 0.323 e. The average Bonchev–Trinajstić information content (AvgIpc) is 2.89. The third-order valence-corrected chi connectivity index (χ3v) is 2.78. The number of benzene rings is 2. The van der Waals surface area contributed by atoms with Gasteiger partial charge >= 0.3 is 6.03 Å². The third-order valence-electron chi connectivity index (χ3n) is 2.78. The fourth-order valence-electron chi connectivity index (χ4n) is 1.84. The highest BCUT2D eigenvalue weighted by molar-refractivity contribution is 6.00. The van der Waals surface area contributed by atoms with E-state index in [1.54, 1.807) is 24.5 Å². The molecule has 2 aromatic carbocycles. The molecule has 2 amide bonds. The molecule has 20 heavy (non-hydrogen) atoms. The number of anilines is 2. The SMILES string of the molecule is O=C(Nc1ccc(F)cc1)Nc1ccc2nc[nH]c2c1. The van der Waals surface area contributed by atoms with Crippen LogP contribution >= 0.6 is 0 Å². The molecule has 0 unspecified atom stereocenters. The molecular weight excluding hydrogens is 259 g/mol. The molecule has 0 aliphatic carbocycles. The Bertz CT molecular complexity index is 751. The smallest absolute Gasteiger partial charge is 0.323 e. The molecule has 1 aromatic heterocycles. The van der Waals surface area contributed by atoms with Gasteiger partial charge in [-0.05, 0) is 42.5 Å². The zero-order valence-corrected chi connectivity index (χ0v) is 10.4. The Balaban J connectivity index is 1.70. The molecule has 1 heterocycles. The second kappa shape index (κ2) is 5.00. The summed E-state index contributed by atoms with van der Waals surface area (Å²) in [5.41, 5.74) is 2.83. The number of carbonyl (C=O) groups excluding carboxylic acids is 1. The number of rotatable bonds is 2. The van der Waals surface area contributed by atoms with E-state index in [0.29, 0.717) is 11.4 Å². The Morgan fingerprint density at radius 3 is 2.55 bits per heavy atom. The van der Waals surface area contributed by atoms with Crippen molar-refractivity contribution in [1.29, 1.82) is 0 Å². The lowest BCUT2D eigenvalue weighted by Gasteiger charge is -2.07. The normalized spacial score (nSPS) is 10.4. The molecule has 0 bridgehead atoms. The largest absolute Gasteiger partial charge is 0.345 e. The number of aromatic amines is 1. The van der Waals surface area contributed by atoms with Crippen molar-refractivity contribution in [2.45, 2.75) is 0 Å². The fraction of sp³-hybridized carbons (Fsp3) is 0. The van der Waals surface area contributed by atoms with Gasteiger partial charge in [0.15, 0.2) is 0 Å². The van der Waals surface area contributed by atoms with Gasteiger partial charge in [0.25, 0.3) is 0 Å². The summed E-state index contributed by atoms with van der Waals surface area (Å²) < 4.78 is 12.8. The zero-order valence-electron chi connectivity index (χ0n) is 10.4. The van der Waals surface area contributed by atoms with E-state index in [-0.39, 0.29) is 5.82 Å². The minimum Gasteiger partial charge on any atom is -0.345 e. The molecule has 0 radical (unpaired) electrons. The lowest BCUT2D eigenvalue weighted by molar-refractivity contribution is 0.262. The highest BCUT2D eigenvalue weighted by atomic mass is 19.1. The van der Waals surface area contributed by atoms with Crippen LogP contribution in [0.5, 0.6) is 0 Å². The molecule has 0 aliphatic rings. The number of imidazole rings is 1. The first-order valence-electron chi connectivity index (χ1n) is 5.97. The van der Waals surface area contributed by atoms with E-state index < -0.39 is 6.03 Å². The van der Waals surface area contributed by atoms with Gasteiger partial charge in [-0.3, -0.25) is 0 Å². The Morgan fingerprint density at radius 1 is 1.05 bits per heavy atom. The van der Waals surface area contributed by atoms with Gasteiger partial charge in [-0.25, -0.2) is 14.2 Å². The number of hydrogen-bond donors (Lipinski definition) is 3. The third kappa shape index (κ3) is 2.59. The Morgan fingerprint density at radius 2 is 1.75 bits per heavy atom. The number of aromatic nitrogens is 2. The molecule has 0 fully saturated rings. The van der Waals surface area contributed by atoms with Crippen molar-refractivity contribution in [2.24, 2.45) is 0 Å². The van der Waals surface area contributed by atoms with E-state index in [1.807, 2.05) is 0 Å². The topological polar surface area (TPSA) is 69.8 Å². The van der Waals surface area contributed by atoms with Crippen LogP contribution in [0, 0.1) is 5.82 Å². The number of nitrogens with one attached hydrogen (secondary N) is 3. The molecule has 0 saturated carbocycles. The number of H-pyrrole nitrogens is 1. The number of carbonyl (C=O) groups is 1. The number of hydrogen-bond acceptors (Lipinski definition) is 2. The number of amides is 2. The zero-order chi connectivity index (χ0) is 13.9. The van der Waals surface area contributed by atoms with Crippen LogP contribution in [-0.4, -0.2) is 16.0 Å². The summed E-state index contributed by atoms with van der Waals surface area (Å²) in [4.78, 5) is 18.9. The minimum atomic E-state index is -0.393. The van der Waals surface area contributed by atoms with E-state index in [9.17, 15) is 9.18 Å². The first-order chi connectivity index (χ1) is 9.70. The van der Waals surface area contributed by atoms with Crippen LogP contribution in [0.2, 0.25) is 0 Å². The van der Waals surface area contributed by atoms with E-state index in [2.05, 4.69) is 20.6 Å². The minimum absolute atomic E-state index is 0.347. The summed E-state index contributed by atoms with van der Waals surface area (Å²) in [6.45, 7) is 0. The van der Waals surface area contributed by atoms with E-state index >= 15 is 0 Å². The van der Waals surface area contributed by atoms with Gasteiger partial charge < -0.3 is 15.6 Å². The quantitative estimate of drug-likeness (QED) is 0.668. The van der Waals surface area contributed by atoms with Crippen molar-refractivity contribution in [2.75, 3.05) is 10.6 Å². The monoisotopic (exact) mass is 270 g/mol. The molecule has 100 valence electrons. The molecule has 0 saturated heterocycles. The van der Waals surface area contributed by atoms with Crippen molar-refractivity contribution < 1.29 is 9.18 Å². The highest BCUT2D eigenvalue weighted by Gasteiger charge is 2.04. The predicted octanol–water partition coefficient (Wildman–Crippen LogP) is 3.35. The van der Waals surface area contributed by atoms with Crippen LogP contribution < -0.4 is 10.6 Å². The van der Waals surface area contributed by atoms with Crippen LogP contribution in [0.1, 0.15) is 0 Å². The van der Waals surface area contributed by atoms with Crippen LogP contribution in [0.25, 0.3) is 11.0 Å². The number of halogens is 1. The summed E-state index contributed by atoms with van der Waals surface area (Å²) in [6, 6.07) is 10.5. The fourth-order valence-corrected chi connectivity index (χ4v) is 1.84. The van der Waals surface area contributed by atoms with Gasteiger partial charge in [0.05, 0.1) is 17.4 Å². The van der Waals surface area contributed by atoms with Crippen molar-refractivity contribution in [3.8, 4) is 0 Å². The molecule has 3 rings (SSSR count). The summed E-state index contributed by atoms with van der Waals surface area (Å²) in [7, 11) is 0. The second-order valence-electron chi connectivity index (χ2n) is 4.22. The van der Waals surface area contributed by atoms with Crippen molar-refractivity contribution >= 4 is 28.4 Å². The standard InChI is InChI=1S/C14H11FN4O/c15-9-1-3-10(4-2-9)18-14(20)19-11-5-6-12-13(7-11)17-8-16-12/h1-8H,(H,16,17)(H2,18,19,20). The Hall–Kier alpha value is -2.89. The lowest BCUT2D eigenvalue weighted by atomic mass is 10.3. The first-order valence-corrected chi connectivity index (χ1v) is 5.97. The van der Waals surface area contributed by atoms with Gasteiger partial charge in [-0.2, -0.15) is 0 Å². The molecule has 5 nitrogen and oxygen atoms in total. The van der Waals surface area contributed by atoms with Gasteiger partial charge in [-0.15, -0.1) is 0 Å². The molecule has 0 spiro atoms. The maximum absolute atomic E-state index is 12.8. The lowest BCUT2D eigenvalue weighted by Crippen LogP contribution is -2.19. The number of urea groups is 1. The molecule has 0 atom stereocenters. The van der Waals surface area contributed by atoms with Crippen LogP contribution in [-0.2, 0) is 0 Å².